The first-order chi connectivity index (χ1) is 16.3. The van der Waals surface area contributed by atoms with Crippen molar-refractivity contribution >= 4 is 40.6 Å². The van der Waals surface area contributed by atoms with Crippen molar-refractivity contribution in [3.63, 3.8) is 0 Å². The number of carbonyl (C=O) groups is 2. The third-order valence-corrected chi connectivity index (χ3v) is 7.03. The standard InChI is InChI=1S/C26H29ClFN3O2S/c1-4-19(3)31(26(33)29-21-10-11-23(28)22(27)14-21)17-25(32)30(15-20-8-6-5-7-9-20)16-24-18(2)12-13-34-24/h5-14,19H,4,15-17H2,1-3H3,(H,29,33). The van der Waals surface area contributed by atoms with Crippen molar-refractivity contribution in [2.75, 3.05) is 11.9 Å². The molecular formula is C26H29ClFN3O2S. The van der Waals surface area contributed by atoms with Gasteiger partial charge in [0.1, 0.15) is 12.4 Å². The van der Waals surface area contributed by atoms with Crippen LogP contribution in [-0.4, -0.2) is 34.3 Å². The minimum atomic E-state index is -0.561. The van der Waals surface area contributed by atoms with Crippen LogP contribution < -0.4 is 5.32 Å². The molecule has 1 unspecified atom stereocenters. The largest absolute Gasteiger partial charge is 0.332 e. The fourth-order valence-electron chi connectivity index (χ4n) is 3.44. The van der Waals surface area contributed by atoms with Crippen molar-refractivity contribution in [3.8, 4) is 0 Å². The van der Waals surface area contributed by atoms with Gasteiger partial charge < -0.3 is 15.1 Å². The highest BCUT2D eigenvalue weighted by atomic mass is 35.5. The fourth-order valence-corrected chi connectivity index (χ4v) is 4.54. The molecule has 0 bridgehead atoms. The number of hydrogen-bond acceptors (Lipinski definition) is 3. The lowest BCUT2D eigenvalue weighted by atomic mass is 10.2. The summed E-state index contributed by atoms with van der Waals surface area (Å²) in [6.07, 6.45) is 0.674. The number of anilines is 1. The summed E-state index contributed by atoms with van der Waals surface area (Å²) in [5.74, 6) is -0.710. The second-order valence-electron chi connectivity index (χ2n) is 8.21. The molecule has 0 saturated heterocycles. The number of hydrogen-bond donors (Lipinski definition) is 1. The molecule has 0 aliphatic heterocycles. The number of nitrogens with zero attached hydrogens (tertiary/aromatic N) is 2. The zero-order chi connectivity index (χ0) is 24.7. The number of urea groups is 1. The lowest BCUT2D eigenvalue weighted by molar-refractivity contribution is -0.133. The average molecular weight is 502 g/mol. The van der Waals surface area contributed by atoms with Crippen molar-refractivity contribution in [1.82, 2.24) is 9.80 Å². The quantitative estimate of drug-likeness (QED) is 0.354. The molecule has 2 aromatic carbocycles. The topological polar surface area (TPSA) is 52.7 Å². The minimum Gasteiger partial charge on any atom is -0.332 e. The van der Waals surface area contributed by atoms with Crippen LogP contribution in [0.3, 0.4) is 0 Å². The van der Waals surface area contributed by atoms with E-state index in [1.165, 1.54) is 23.1 Å². The van der Waals surface area contributed by atoms with Gasteiger partial charge in [-0.25, -0.2) is 9.18 Å². The first-order valence-electron chi connectivity index (χ1n) is 11.2. The van der Waals surface area contributed by atoms with Gasteiger partial charge in [-0.1, -0.05) is 48.9 Å². The smallest absolute Gasteiger partial charge is 0.322 e. The maximum atomic E-state index is 13.5. The molecule has 0 radical (unpaired) electrons. The third-order valence-electron chi connectivity index (χ3n) is 5.73. The normalized spacial score (nSPS) is 11.7. The Labute approximate surface area is 209 Å². The van der Waals surface area contributed by atoms with Crippen LogP contribution in [0.5, 0.6) is 0 Å². The molecule has 3 rings (SSSR count). The Bertz CT molecular complexity index is 1120. The highest BCUT2D eigenvalue weighted by Gasteiger charge is 2.26. The lowest BCUT2D eigenvalue weighted by Gasteiger charge is -2.31. The molecule has 1 N–H and O–H groups in total. The Morgan fingerprint density at radius 2 is 1.85 bits per heavy atom. The van der Waals surface area contributed by atoms with Crippen molar-refractivity contribution in [3.05, 3.63) is 86.8 Å². The van der Waals surface area contributed by atoms with E-state index in [2.05, 4.69) is 5.32 Å². The molecule has 1 aromatic heterocycles. The van der Waals surface area contributed by atoms with Gasteiger partial charge in [0.2, 0.25) is 5.91 Å². The second-order valence-corrected chi connectivity index (χ2v) is 9.61. The van der Waals surface area contributed by atoms with Crippen LogP contribution >= 0.6 is 22.9 Å². The Hall–Kier alpha value is -2.90. The summed E-state index contributed by atoms with van der Waals surface area (Å²) in [7, 11) is 0. The van der Waals surface area contributed by atoms with Crippen LogP contribution in [0, 0.1) is 12.7 Å². The van der Waals surface area contributed by atoms with Gasteiger partial charge in [-0.2, -0.15) is 0 Å². The van der Waals surface area contributed by atoms with E-state index >= 15 is 0 Å². The zero-order valence-corrected chi connectivity index (χ0v) is 21.1. The summed E-state index contributed by atoms with van der Waals surface area (Å²) < 4.78 is 13.5. The molecular weight excluding hydrogens is 473 g/mol. The molecule has 180 valence electrons. The van der Waals surface area contributed by atoms with Gasteiger partial charge in [0.15, 0.2) is 0 Å². The third kappa shape index (κ3) is 6.81. The maximum Gasteiger partial charge on any atom is 0.322 e. The predicted molar refractivity (Wildman–Crippen MR) is 137 cm³/mol. The summed E-state index contributed by atoms with van der Waals surface area (Å²) >= 11 is 7.47. The van der Waals surface area contributed by atoms with Gasteiger partial charge in [-0.05, 0) is 61.0 Å². The van der Waals surface area contributed by atoms with Crippen molar-refractivity contribution in [2.24, 2.45) is 0 Å². The van der Waals surface area contributed by atoms with E-state index in [1.54, 1.807) is 16.2 Å². The van der Waals surface area contributed by atoms with E-state index in [4.69, 9.17) is 11.6 Å². The second kappa shape index (κ2) is 12.0. The fraction of sp³-hybridized carbons (Fsp3) is 0.308. The number of rotatable bonds is 9. The number of nitrogens with one attached hydrogen (secondary N) is 1. The molecule has 0 spiro atoms. The SMILES string of the molecule is CCC(C)N(CC(=O)N(Cc1ccccc1)Cc1sccc1C)C(=O)Nc1ccc(F)c(Cl)c1. The maximum absolute atomic E-state index is 13.5. The van der Waals surface area contributed by atoms with Gasteiger partial charge in [-0.3, -0.25) is 4.79 Å². The highest BCUT2D eigenvalue weighted by molar-refractivity contribution is 7.10. The number of thiophene rings is 1. The summed E-state index contributed by atoms with van der Waals surface area (Å²) in [6.45, 7) is 6.73. The molecule has 1 heterocycles. The molecule has 0 fully saturated rings. The van der Waals surface area contributed by atoms with Crippen molar-refractivity contribution in [1.29, 1.82) is 0 Å². The van der Waals surface area contributed by atoms with Gasteiger partial charge in [-0.15, -0.1) is 11.3 Å². The number of halogens is 2. The molecule has 34 heavy (non-hydrogen) atoms. The molecule has 8 heteroatoms. The number of aryl methyl sites for hydroxylation is 1. The highest BCUT2D eigenvalue weighted by Crippen LogP contribution is 2.22. The Kier molecular flexibility index (Phi) is 9.07. The first kappa shape index (κ1) is 25.7. The van der Waals surface area contributed by atoms with E-state index in [0.29, 0.717) is 25.2 Å². The lowest BCUT2D eigenvalue weighted by Crippen LogP contribution is -2.47. The van der Waals surface area contributed by atoms with Crippen LogP contribution in [0.25, 0.3) is 0 Å². The Balaban J connectivity index is 1.79. The van der Waals surface area contributed by atoms with Crippen LogP contribution in [0.15, 0.2) is 60.0 Å². The molecule has 1 atom stereocenters. The summed E-state index contributed by atoms with van der Waals surface area (Å²) in [5.41, 5.74) is 2.53. The minimum absolute atomic E-state index is 0.0764. The van der Waals surface area contributed by atoms with Gasteiger partial charge >= 0.3 is 6.03 Å². The molecule has 5 nitrogen and oxygen atoms in total. The Morgan fingerprint density at radius 1 is 1.12 bits per heavy atom. The number of carbonyl (C=O) groups excluding carboxylic acids is 2. The zero-order valence-electron chi connectivity index (χ0n) is 19.6. The van der Waals surface area contributed by atoms with E-state index in [0.717, 1.165) is 16.0 Å². The molecule has 0 saturated carbocycles. The molecule has 0 aliphatic carbocycles. The predicted octanol–water partition coefficient (Wildman–Crippen LogP) is 6.71. The van der Waals surface area contributed by atoms with Crippen LogP contribution in [0.1, 0.15) is 36.3 Å². The molecule has 3 amide bonds. The van der Waals surface area contributed by atoms with Crippen molar-refractivity contribution in [2.45, 2.75) is 46.3 Å². The van der Waals surface area contributed by atoms with Crippen LogP contribution in [-0.2, 0) is 17.9 Å². The monoisotopic (exact) mass is 501 g/mol. The van der Waals surface area contributed by atoms with Gasteiger partial charge in [0.05, 0.1) is 11.6 Å². The van der Waals surface area contributed by atoms with E-state index < -0.39 is 11.8 Å². The average Bonchev–Trinajstić information content (AvgIpc) is 3.23. The molecule has 0 aliphatic rings. The van der Waals surface area contributed by atoms with E-state index in [9.17, 15) is 14.0 Å². The van der Waals surface area contributed by atoms with Crippen LogP contribution in [0.4, 0.5) is 14.9 Å². The van der Waals surface area contributed by atoms with Crippen LogP contribution in [0.2, 0.25) is 5.02 Å². The first-order valence-corrected chi connectivity index (χ1v) is 12.4. The van der Waals surface area contributed by atoms with Gasteiger partial charge in [0, 0.05) is 23.2 Å². The van der Waals surface area contributed by atoms with Gasteiger partial charge in [0.25, 0.3) is 0 Å². The summed E-state index contributed by atoms with van der Waals surface area (Å²) in [6, 6.07) is 15.2. The number of benzene rings is 2. The van der Waals surface area contributed by atoms with Crippen molar-refractivity contribution < 1.29 is 14.0 Å². The number of amides is 3. The van der Waals surface area contributed by atoms with E-state index in [1.807, 2.05) is 62.5 Å². The summed E-state index contributed by atoms with van der Waals surface area (Å²) in [5, 5.41) is 4.68. The summed E-state index contributed by atoms with van der Waals surface area (Å²) in [4.78, 5) is 31.0. The van der Waals surface area contributed by atoms with E-state index in [-0.39, 0.29) is 23.5 Å². The molecule has 3 aromatic rings. The Morgan fingerprint density at radius 3 is 2.47 bits per heavy atom.